The van der Waals surface area contributed by atoms with E-state index in [1.165, 1.54) is 19.2 Å². The van der Waals surface area contributed by atoms with Crippen LogP contribution in [0.2, 0.25) is 0 Å². The fourth-order valence-electron chi connectivity index (χ4n) is 2.04. The van der Waals surface area contributed by atoms with Crippen LogP contribution < -0.4 is 20.7 Å². The van der Waals surface area contributed by atoms with Crippen LogP contribution in [0.25, 0.3) is 0 Å². The molecule has 6 nitrogen and oxygen atoms in total. The Morgan fingerprint density at radius 1 is 1.15 bits per heavy atom. The molecule has 10 heteroatoms. The van der Waals surface area contributed by atoms with Gasteiger partial charge in [-0.15, -0.1) is 0 Å². The van der Waals surface area contributed by atoms with Crippen molar-refractivity contribution in [3.05, 3.63) is 54.1 Å². The molecule has 0 aliphatic heterocycles. The first-order valence-electron chi connectivity index (χ1n) is 7.57. The Bertz CT molecular complexity index is 813. The molecule has 0 spiro atoms. The molecule has 0 bridgehead atoms. The third-order valence-electron chi connectivity index (χ3n) is 3.33. The van der Waals surface area contributed by atoms with Gasteiger partial charge in [0.05, 0.1) is 7.11 Å². The molecule has 0 aliphatic rings. The maximum Gasteiger partial charge on any atom is 0.252 e. The van der Waals surface area contributed by atoms with Crippen LogP contribution in [0.4, 0.5) is 5.69 Å². The molecule has 27 heavy (non-hydrogen) atoms. The molecule has 0 heterocycles. The van der Waals surface area contributed by atoms with Crippen LogP contribution in [0.3, 0.4) is 0 Å². The van der Waals surface area contributed by atoms with E-state index in [1.807, 2.05) is 0 Å². The number of thiocarbonyl (C=S) groups is 1. The lowest BCUT2D eigenvalue weighted by molar-refractivity contribution is 0.0934. The van der Waals surface area contributed by atoms with Crippen molar-refractivity contribution < 1.29 is 14.6 Å². The number of benzene rings is 2. The van der Waals surface area contributed by atoms with Crippen LogP contribution >= 0.6 is 47.0 Å². The van der Waals surface area contributed by atoms with Gasteiger partial charge in [0.2, 0.25) is 3.79 Å². The normalized spacial score (nSPS) is 12.0. The van der Waals surface area contributed by atoms with Gasteiger partial charge in [-0.05, 0) is 48.6 Å². The maximum absolute atomic E-state index is 12.4. The lowest BCUT2D eigenvalue weighted by Gasteiger charge is -2.27. The molecule has 0 saturated heterocycles. The molecule has 0 unspecified atom stereocenters. The number of amides is 1. The topological polar surface area (TPSA) is 82.6 Å². The van der Waals surface area contributed by atoms with Crippen molar-refractivity contribution in [2.75, 3.05) is 12.4 Å². The molecule has 144 valence electrons. The van der Waals surface area contributed by atoms with Gasteiger partial charge in [0, 0.05) is 17.3 Å². The average molecular weight is 449 g/mol. The first-order valence-corrected chi connectivity index (χ1v) is 9.11. The molecular formula is C17H16Cl3N3O3S. The molecule has 0 saturated carbocycles. The van der Waals surface area contributed by atoms with E-state index in [0.717, 1.165) is 0 Å². The minimum absolute atomic E-state index is 0.0635. The van der Waals surface area contributed by atoms with Crippen molar-refractivity contribution >= 4 is 63.7 Å². The lowest BCUT2D eigenvalue weighted by atomic mass is 10.2. The second kappa shape index (κ2) is 9.32. The number of aromatic hydroxyl groups is 1. The molecule has 2 rings (SSSR count). The fraction of sp³-hybridized carbons (Fsp3) is 0.176. The Labute approximate surface area is 176 Å². The number of alkyl halides is 3. The summed E-state index contributed by atoms with van der Waals surface area (Å²) in [6.07, 6.45) is -1.12. The van der Waals surface area contributed by atoms with E-state index < -0.39 is 15.9 Å². The number of rotatable bonds is 5. The number of carbonyl (C=O) groups is 1. The number of hydrogen-bond donors (Lipinski definition) is 4. The number of nitrogens with one attached hydrogen (secondary N) is 3. The molecule has 0 aliphatic carbocycles. The molecule has 4 N–H and O–H groups in total. The molecule has 1 atom stereocenters. The fourth-order valence-corrected chi connectivity index (χ4v) is 2.60. The predicted octanol–water partition coefficient (Wildman–Crippen LogP) is 3.81. The van der Waals surface area contributed by atoms with Crippen LogP contribution in [0.1, 0.15) is 10.4 Å². The Hall–Kier alpha value is -1.93. The zero-order valence-electron chi connectivity index (χ0n) is 14.0. The van der Waals surface area contributed by atoms with Gasteiger partial charge < -0.3 is 25.8 Å². The highest BCUT2D eigenvalue weighted by Crippen LogP contribution is 2.29. The highest BCUT2D eigenvalue weighted by Gasteiger charge is 2.34. The van der Waals surface area contributed by atoms with Crippen LogP contribution in [0.15, 0.2) is 48.5 Å². The van der Waals surface area contributed by atoms with E-state index in [9.17, 15) is 9.90 Å². The van der Waals surface area contributed by atoms with E-state index in [0.29, 0.717) is 17.0 Å². The summed E-state index contributed by atoms with van der Waals surface area (Å²) in [6, 6.07) is 12.7. The summed E-state index contributed by atoms with van der Waals surface area (Å²) >= 11 is 23.0. The van der Waals surface area contributed by atoms with Gasteiger partial charge in [0.15, 0.2) is 5.11 Å². The summed E-state index contributed by atoms with van der Waals surface area (Å²) in [5, 5.41) is 17.7. The summed E-state index contributed by atoms with van der Waals surface area (Å²) in [4.78, 5) is 12.4. The summed E-state index contributed by atoms with van der Waals surface area (Å²) in [7, 11) is 1.53. The number of halogens is 3. The third-order valence-corrected chi connectivity index (χ3v) is 4.21. The van der Waals surface area contributed by atoms with Gasteiger partial charge in [-0.3, -0.25) is 4.79 Å². The first kappa shape index (κ1) is 21.4. The third kappa shape index (κ3) is 6.62. The summed E-state index contributed by atoms with van der Waals surface area (Å²) in [6.45, 7) is 0. The monoisotopic (exact) mass is 447 g/mol. The average Bonchev–Trinajstić information content (AvgIpc) is 2.60. The van der Waals surface area contributed by atoms with Gasteiger partial charge in [-0.25, -0.2) is 0 Å². The Kier molecular flexibility index (Phi) is 7.38. The molecular weight excluding hydrogens is 433 g/mol. The SMILES string of the molecule is COc1ccc(C(=O)N[C@@H](NC(=S)Nc2cccc(O)c2)C(Cl)(Cl)Cl)cc1. The Morgan fingerprint density at radius 2 is 1.81 bits per heavy atom. The van der Waals surface area contributed by atoms with Crippen molar-refractivity contribution in [1.29, 1.82) is 0 Å². The molecule has 0 fully saturated rings. The van der Waals surface area contributed by atoms with Crippen molar-refractivity contribution in [1.82, 2.24) is 10.6 Å². The van der Waals surface area contributed by atoms with Crippen molar-refractivity contribution in [2.45, 2.75) is 9.96 Å². The van der Waals surface area contributed by atoms with Gasteiger partial charge >= 0.3 is 0 Å². The quantitative estimate of drug-likeness (QED) is 0.316. The van der Waals surface area contributed by atoms with E-state index in [1.54, 1.807) is 36.4 Å². The zero-order valence-corrected chi connectivity index (χ0v) is 17.1. The molecule has 2 aromatic carbocycles. The largest absolute Gasteiger partial charge is 0.508 e. The lowest BCUT2D eigenvalue weighted by Crippen LogP contribution is -2.56. The van der Waals surface area contributed by atoms with Crippen LogP contribution in [0, 0.1) is 0 Å². The van der Waals surface area contributed by atoms with Gasteiger partial charge in [-0.1, -0.05) is 40.9 Å². The molecule has 0 radical (unpaired) electrons. The van der Waals surface area contributed by atoms with E-state index in [4.69, 9.17) is 51.8 Å². The predicted molar refractivity (Wildman–Crippen MR) is 112 cm³/mol. The molecule has 1 amide bonds. The van der Waals surface area contributed by atoms with Crippen molar-refractivity contribution in [3.8, 4) is 11.5 Å². The smallest absolute Gasteiger partial charge is 0.252 e. The van der Waals surface area contributed by atoms with E-state index in [-0.39, 0.29) is 10.9 Å². The zero-order chi connectivity index (χ0) is 20.0. The number of ether oxygens (including phenoxy) is 1. The second-order valence-corrected chi connectivity index (χ2v) is 8.10. The number of phenolic OH excluding ortho intramolecular Hbond substituents is 1. The van der Waals surface area contributed by atoms with Crippen LogP contribution in [0.5, 0.6) is 11.5 Å². The summed E-state index contributed by atoms with van der Waals surface area (Å²) in [5.74, 6) is 0.203. The van der Waals surface area contributed by atoms with E-state index >= 15 is 0 Å². The highest BCUT2D eigenvalue weighted by molar-refractivity contribution is 7.80. The Morgan fingerprint density at radius 3 is 2.37 bits per heavy atom. The number of methoxy groups -OCH3 is 1. The van der Waals surface area contributed by atoms with Crippen LogP contribution in [-0.2, 0) is 0 Å². The van der Waals surface area contributed by atoms with Crippen molar-refractivity contribution in [2.24, 2.45) is 0 Å². The first-order chi connectivity index (χ1) is 12.7. The minimum atomic E-state index is -1.88. The summed E-state index contributed by atoms with van der Waals surface area (Å²) in [5.41, 5.74) is 0.876. The van der Waals surface area contributed by atoms with Gasteiger partial charge in [-0.2, -0.15) is 0 Å². The number of anilines is 1. The number of hydrogen-bond acceptors (Lipinski definition) is 4. The second-order valence-electron chi connectivity index (χ2n) is 5.33. The standard InChI is InChI=1S/C17H16Cl3N3O3S/c1-26-13-7-5-10(6-8-13)14(25)22-15(17(18,19)20)23-16(27)21-11-3-2-4-12(24)9-11/h2-9,15,24H,1H3,(H,22,25)(H2,21,23,27)/t15-/m0/s1. The van der Waals surface area contributed by atoms with Gasteiger partial charge in [0.1, 0.15) is 17.7 Å². The highest BCUT2D eigenvalue weighted by atomic mass is 35.6. The molecule has 2 aromatic rings. The number of carbonyl (C=O) groups excluding carboxylic acids is 1. The maximum atomic E-state index is 12.4. The van der Waals surface area contributed by atoms with Gasteiger partial charge in [0.25, 0.3) is 5.91 Å². The minimum Gasteiger partial charge on any atom is -0.508 e. The summed E-state index contributed by atoms with van der Waals surface area (Å²) < 4.78 is 3.17. The Balaban J connectivity index is 2.06. The van der Waals surface area contributed by atoms with Crippen molar-refractivity contribution in [3.63, 3.8) is 0 Å². The number of phenols is 1. The molecule has 0 aromatic heterocycles. The van der Waals surface area contributed by atoms with Crippen LogP contribution in [-0.4, -0.2) is 33.2 Å². The van der Waals surface area contributed by atoms with E-state index in [2.05, 4.69) is 16.0 Å².